The lowest BCUT2D eigenvalue weighted by Gasteiger charge is -2.21. The number of rotatable bonds is 6. The van der Waals surface area contributed by atoms with E-state index >= 15 is 0 Å². The number of amides is 1. The third kappa shape index (κ3) is 4.49. The van der Waals surface area contributed by atoms with Gasteiger partial charge in [0.25, 0.3) is 5.56 Å². The van der Waals surface area contributed by atoms with Gasteiger partial charge in [0.05, 0.1) is 12.5 Å². The summed E-state index contributed by atoms with van der Waals surface area (Å²) in [6.45, 7) is 5.87. The molecular weight excluding hydrogens is 360 g/mol. The number of aromatic nitrogens is 3. The molecule has 140 valence electrons. The van der Waals surface area contributed by atoms with Crippen LogP contribution >= 0.6 is 11.3 Å². The van der Waals surface area contributed by atoms with Gasteiger partial charge in [0.1, 0.15) is 5.82 Å². The Morgan fingerprint density at radius 1 is 1.30 bits per heavy atom. The molecule has 7 heteroatoms. The van der Waals surface area contributed by atoms with Gasteiger partial charge in [-0.1, -0.05) is 19.9 Å². The maximum Gasteiger partial charge on any atom is 0.255 e. The minimum Gasteiger partial charge on any atom is -0.348 e. The lowest BCUT2D eigenvalue weighted by molar-refractivity contribution is -0.121. The molecule has 0 spiro atoms. The maximum absolute atomic E-state index is 12.6. The molecule has 0 aliphatic rings. The minimum atomic E-state index is -0.297. The second-order valence-electron chi connectivity index (χ2n) is 6.70. The molecule has 6 nitrogen and oxygen atoms in total. The first-order valence-corrected chi connectivity index (χ1v) is 9.66. The lowest BCUT2D eigenvalue weighted by atomic mass is 10.0. The summed E-state index contributed by atoms with van der Waals surface area (Å²) in [5, 5.41) is 5.04. The summed E-state index contributed by atoms with van der Waals surface area (Å²) in [5.41, 5.74) is 1.36. The quantitative estimate of drug-likeness (QED) is 0.685. The first-order valence-electron chi connectivity index (χ1n) is 8.78. The molecule has 0 saturated heterocycles. The van der Waals surface area contributed by atoms with Crippen LogP contribution in [0.4, 0.5) is 0 Å². The molecule has 1 atom stereocenters. The third-order valence-corrected chi connectivity index (χ3v) is 5.28. The van der Waals surface area contributed by atoms with Crippen molar-refractivity contribution in [1.29, 1.82) is 0 Å². The predicted octanol–water partition coefficient (Wildman–Crippen LogP) is 3.26. The number of aromatic amines is 1. The highest BCUT2D eigenvalue weighted by molar-refractivity contribution is 7.10. The smallest absolute Gasteiger partial charge is 0.255 e. The van der Waals surface area contributed by atoms with Crippen LogP contribution in [0.1, 0.15) is 36.0 Å². The fraction of sp³-hybridized carbons (Fsp3) is 0.300. The van der Waals surface area contributed by atoms with Crippen molar-refractivity contribution in [3.05, 3.63) is 68.5 Å². The molecule has 0 radical (unpaired) electrons. The molecule has 27 heavy (non-hydrogen) atoms. The van der Waals surface area contributed by atoms with Gasteiger partial charge in [-0.2, -0.15) is 0 Å². The number of carbonyl (C=O) groups is 1. The number of nitrogens with one attached hydrogen (secondary N) is 2. The molecule has 0 aliphatic heterocycles. The zero-order valence-electron chi connectivity index (χ0n) is 15.5. The van der Waals surface area contributed by atoms with Crippen LogP contribution in [-0.2, 0) is 11.2 Å². The highest BCUT2D eigenvalue weighted by Gasteiger charge is 2.21. The molecule has 0 aromatic carbocycles. The molecule has 3 aromatic heterocycles. The molecule has 0 aliphatic carbocycles. The van der Waals surface area contributed by atoms with Crippen molar-refractivity contribution in [2.24, 2.45) is 5.92 Å². The van der Waals surface area contributed by atoms with Crippen molar-refractivity contribution in [2.45, 2.75) is 33.2 Å². The lowest BCUT2D eigenvalue weighted by Crippen LogP contribution is -2.34. The molecule has 0 fully saturated rings. The van der Waals surface area contributed by atoms with Crippen LogP contribution in [0, 0.1) is 12.8 Å². The van der Waals surface area contributed by atoms with E-state index in [1.807, 2.05) is 23.6 Å². The molecule has 3 heterocycles. The Balaban J connectivity index is 1.79. The number of hydrogen-bond acceptors (Lipinski definition) is 5. The summed E-state index contributed by atoms with van der Waals surface area (Å²) in [7, 11) is 0. The monoisotopic (exact) mass is 382 g/mol. The fourth-order valence-corrected chi connectivity index (χ4v) is 3.83. The van der Waals surface area contributed by atoms with E-state index in [2.05, 4.69) is 34.1 Å². The van der Waals surface area contributed by atoms with E-state index in [1.54, 1.807) is 36.7 Å². The van der Waals surface area contributed by atoms with Crippen LogP contribution < -0.4 is 10.9 Å². The van der Waals surface area contributed by atoms with Crippen molar-refractivity contribution in [1.82, 2.24) is 20.3 Å². The normalized spacial score (nSPS) is 12.1. The summed E-state index contributed by atoms with van der Waals surface area (Å²) in [4.78, 5) is 37.5. The van der Waals surface area contributed by atoms with Crippen LogP contribution in [-0.4, -0.2) is 20.9 Å². The largest absolute Gasteiger partial charge is 0.348 e. The number of carbonyl (C=O) groups excluding carboxylic acids is 1. The number of H-pyrrole nitrogens is 1. The van der Waals surface area contributed by atoms with E-state index in [9.17, 15) is 9.59 Å². The highest BCUT2D eigenvalue weighted by Crippen LogP contribution is 2.25. The first-order chi connectivity index (χ1) is 13.0. The molecule has 0 saturated carbocycles. The average molecular weight is 382 g/mol. The Morgan fingerprint density at radius 2 is 2.11 bits per heavy atom. The molecule has 2 N–H and O–H groups in total. The first kappa shape index (κ1) is 19.0. The van der Waals surface area contributed by atoms with Crippen LogP contribution in [0.2, 0.25) is 0 Å². The zero-order chi connectivity index (χ0) is 19.4. The van der Waals surface area contributed by atoms with Crippen LogP contribution in [0.3, 0.4) is 0 Å². The van der Waals surface area contributed by atoms with Crippen molar-refractivity contribution in [3.8, 4) is 11.4 Å². The van der Waals surface area contributed by atoms with Crippen LogP contribution in [0.15, 0.2) is 46.8 Å². The Morgan fingerprint density at radius 3 is 2.70 bits per heavy atom. The van der Waals surface area contributed by atoms with Crippen molar-refractivity contribution < 1.29 is 4.79 Å². The number of thiophene rings is 1. The number of aryl methyl sites for hydroxylation is 1. The summed E-state index contributed by atoms with van der Waals surface area (Å²) in [5.74, 6) is 0.512. The summed E-state index contributed by atoms with van der Waals surface area (Å²) >= 11 is 1.61. The van der Waals surface area contributed by atoms with Gasteiger partial charge in [0.15, 0.2) is 0 Å². The van der Waals surface area contributed by atoms with Gasteiger partial charge < -0.3 is 10.3 Å². The molecule has 3 rings (SSSR count). The molecule has 0 bridgehead atoms. The standard InChI is InChI=1S/C20H22N4O2S/c1-12(2)18(16-7-5-9-27-16)23-17(25)10-15-13(3)22-19(24-20(15)26)14-6-4-8-21-11-14/h4-9,11-12,18H,10H2,1-3H3,(H,23,25)(H,22,24,26). The third-order valence-electron chi connectivity index (χ3n) is 4.33. The van der Waals surface area contributed by atoms with Crippen LogP contribution in [0.5, 0.6) is 0 Å². The van der Waals surface area contributed by atoms with Crippen LogP contribution in [0.25, 0.3) is 11.4 Å². The second-order valence-corrected chi connectivity index (χ2v) is 7.68. The Hall–Kier alpha value is -2.80. The summed E-state index contributed by atoms with van der Waals surface area (Å²) in [6.07, 6.45) is 3.29. The van der Waals surface area contributed by atoms with E-state index in [4.69, 9.17) is 0 Å². The topological polar surface area (TPSA) is 87.7 Å². The average Bonchev–Trinajstić information content (AvgIpc) is 3.17. The van der Waals surface area contributed by atoms with Crippen molar-refractivity contribution in [2.75, 3.05) is 0 Å². The number of pyridine rings is 1. The minimum absolute atomic E-state index is 0.00389. The highest BCUT2D eigenvalue weighted by atomic mass is 32.1. The molecule has 1 amide bonds. The molecule has 3 aromatic rings. The van der Waals surface area contributed by atoms with Gasteiger partial charge in [0.2, 0.25) is 5.91 Å². The number of hydrogen-bond donors (Lipinski definition) is 2. The number of nitrogens with zero attached hydrogens (tertiary/aromatic N) is 2. The zero-order valence-corrected chi connectivity index (χ0v) is 16.3. The Labute approximate surface area is 161 Å². The molecular formula is C20H22N4O2S. The Kier molecular flexibility index (Phi) is 5.81. The van der Waals surface area contributed by atoms with Gasteiger partial charge in [-0.05, 0) is 36.4 Å². The van der Waals surface area contributed by atoms with Gasteiger partial charge >= 0.3 is 0 Å². The van der Waals surface area contributed by atoms with Gasteiger partial charge in [-0.15, -0.1) is 11.3 Å². The second kappa shape index (κ2) is 8.26. The van der Waals surface area contributed by atoms with Gasteiger partial charge in [0, 0.05) is 34.1 Å². The van der Waals surface area contributed by atoms with E-state index in [0.29, 0.717) is 17.1 Å². The fourth-order valence-electron chi connectivity index (χ4n) is 2.88. The van der Waals surface area contributed by atoms with Gasteiger partial charge in [-0.3, -0.25) is 14.6 Å². The maximum atomic E-state index is 12.6. The van der Waals surface area contributed by atoms with E-state index in [1.165, 1.54) is 0 Å². The van der Waals surface area contributed by atoms with E-state index in [-0.39, 0.29) is 29.8 Å². The van der Waals surface area contributed by atoms with Crippen molar-refractivity contribution >= 4 is 17.2 Å². The van der Waals surface area contributed by atoms with Crippen molar-refractivity contribution in [3.63, 3.8) is 0 Å². The summed E-state index contributed by atoms with van der Waals surface area (Å²) < 4.78 is 0. The van der Waals surface area contributed by atoms with Gasteiger partial charge in [-0.25, -0.2) is 4.98 Å². The summed E-state index contributed by atoms with van der Waals surface area (Å²) in [6, 6.07) is 7.52. The Bertz CT molecular complexity index is 965. The SMILES string of the molecule is Cc1nc(-c2cccnc2)[nH]c(=O)c1CC(=O)NC(c1cccs1)C(C)C. The van der Waals surface area contributed by atoms with E-state index in [0.717, 1.165) is 10.4 Å². The van der Waals surface area contributed by atoms with E-state index < -0.39 is 0 Å². The predicted molar refractivity (Wildman–Crippen MR) is 107 cm³/mol. The molecule has 1 unspecified atom stereocenters.